The molecule has 94 valence electrons. The minimum atomic E-state index is -0.149. The standard InChI is InChI=1S/C11H23N2O3/c1-10(2)12-3-4-13(5-7-14)6-8-16-11(15)9-13/h10,12,14H,3-9H2,1-2H3/q+1. The summed E-state index contributed by atoms with van der Waals surface area (Å²) in [5.74, 6) is -0.149. The fraction of sp³-hybridized carbons (Fsp3) is 0.909. The molecule has 0 aliphatic carbocycles. The van der Waals surface area contributed by atoms with E-state index in [-0.39, 0.29) is 12.6 Å². The quantitative estimate of drug-likeness (QED) is 0.471. The van der Waals surface area contributed by atoms with Crippen molar-refractivity contribution in [1.29, 1.82) is 0 Å². The van der Waals surface area contributed by atoms with Gasteiger partial charge in [-0.1, -0.05) is 13.8 Å². The van der Waals surface area contributed by atoms with E-state index in [4.69, 9.17) is 9.84 Å². The molecule has 1 heterocycles. The van der Waals surface area contributed by atoms with Gasteiger partial charge in [-0.15, -0.1) is 0 Å². The lowest BCUT2D eigenvalue weighted by Gasteiger charge is -2.40. The van der Waals surface area contributed by atoms with Crippen LogP contribution in [-0.4, -0.2) is 67.5 Å². The van der Waals surface area contributed by atoms with Crippen LogP contribution in [0.1, 0.15) is 13.8 Å². The molecule has 0 aromatic carbocycles. The maximum absolute atomic E-state index is 11.3. The van der Waals surface area contributed by atoms with Gasteiger partial charge in [0.05, 0.1) is 13.2 Å². The van der Waals surface area contributed by atoms with E-state index in [1.807, 2.05) is 0 Å². The fourth-order valence-electron chi connectivity index (χ4n) is 2.05. The molecule has 1 saturated heterocycles. The molecule has 0 radical (unpaired) electrons. The Morgan fingerprint density at radius 1 is 1.50 bits per heavy atom. The molecule has 0 spiro atoms. The number of quaternary nitrogens is 1. The zero-order valence-electron chi connectivity index (χ0n) is 10.2. The molecular weight excluding hydrogens is 208 g/mol. The van der Waals surface area contributed by atoms with Gasteiger partial charge in [-0.2, -0.15) is 0 Å². The zero-order chi connectivity index (χ0) is 12.0. The van der Waals surface area contributed by atoms with E-state index in [1.54, 1.807) is 0 Å². The summed E-state index contributed by atoms with van der Waals surface area (Å²) in [6.45, 7) is 8.36. The molecule has 0 aromatic heterocycles. The Morgan fingerprint density at radius 3 is 2.81 bits per heavy atom. The Balaban J connectivity index is 2.47. The number of aliphatic hydroxyl groups is 1. The number of cyclic esters (lactones) is 1. The molecule has 0 bridgehead atoms. The second-order valence-corrected chi connectivity index (χ2v) is 4.72. The van der Waals surface area contributed by atoms with Crippen LogP contribution in [0.15, 0.2) is 0 Å². The van der Waals surface area contributed by atoms with Gasteiger partial charge in [0.25, 0.3) is 0 Å². The van der Waals surface area contributed by atoms with Gasteiger partial charge in [0.15, 0.2) is 6.54 Å². The third kappa shape index (κ3) is 4.08. The lowest BCUT2D eigenvalue weighted by molar-refractivity contribution is -0.924. The predicted molar refractivity (Wildman–Crippen MR) is 60.9 cm³/mol. The average Bonchev–Trinajstić information content (AvgIpc) is 2.17. The Bertz CT molecular complexity index is 229. The maximum Gasteiger partial charge on any atom is 0.362 e. The first-order chi connectivity index (χ1) is 7.58. The van der Waals surface area contributed by atoms with Crippen LogP contribution in [0.4, 0.5) is 0 Å². The Labute approximate surface area is 97.0 Å². The van der Waals surface area contributed by atoms with Gasteiger partial charge in [0.1, 0.15) is 19.7 Å². The van der Waals surface area contributed by atoms with E-state index in [0.717, 1.165) is 19.6 Å². The van der Waals surface area contributed by atoms with Crippen molar-refractivity contribution in [3.05, 3.63) is 0 Å². The number of carbonyl (C=O) groups excluding carboxylic acids is 1. The van der Waals surface area contributed by atoms with Gasteiger partial charge in [-0.25, -0.2) is 4.79 Å². The smallest absolute Gasteiger partial charge is 0.362 e. The summed E-state index contributed by atoms with van der Waals surface area (Å²) in [6, 6.07) is 0.450. The lowest BCUT2D eigenvalue weighted by atomic mass is 10.2. The van der Waals surface area contributed by atoms with Gasteiger partial charge < -0.3 is 19.6 Å². The first-order valence-electron chi connectivity index (χ1n) is 5.93. The molecule has 1 aliphatic heterocycles. The Morgan fingerprint density at radius 2 is 2.25 bits per heavy atom. The molecule has 1 unspecified atom stereocenters. The van der Waals surface area contributed by atoms with Crippen LogP contribution in [0.5, 0.6) is 0 Å². The third-order valence-electron chi connectivity index (χ3n) is 3.01. The van der Waals surface area contributed by atoms with E-state index in [9.17, 15) is 4.79 Å². The highest BCUT2D eigenvalue weighted by Gasteiger charge is 2.34. The number of rotatable bonds is 6. The van der Waals surface area contributed by atoms with Crippen LogP contribution < -0.4 is 5.32 Å². The summed E-state index contributed by atoms with van der Waals surface area (Å²) < 4.78 is 5.60. The highest BCUT2D eigenvalue weighted by Crippen LogP contribution is 2.11. The minimum Gasteiger partial charge on any atom is -0.456 e. The van der Waals surface area contributed by atoms with E-state index in [0.29, 0.717) is 30.2 Å². The molecule has 0 aromatic rings. The number of aliphatic hydroxyl groups excluding tert-OH is 1. The fourth-order valence-corrected chi connectivity index (χ4v) is 2.05. The number of morpholine rings is 1. The summed E-state index contributed by atoms with van der Waals surface area (Å²) in [6.07, 6.45) is 0. The zero-order valence-corrected chi connectivity index (χ0v) is 10.2. The molecule has 0 saturated carbocycles. The number of hydrogen-bond donors (Lipinski definition) is 2. The molecule has 1 fully saturated rings. The highest BCUT2D eigenvalue weighted by atomic mass is 16.5. The van der Waals surface area contributed by atoms with Crippen LogP contribution in [0.2, 0.25) is 0 Å². The van der Waals surface area contributed by atoms with Gasteiger partial charge in [-0.05, 0) is 0 Å². The van der Waals surface area contributed by atoms with Crippen LogP contribution >= 0.6 is 0 Å². The van der Waals surface area contributed by atoms with Gasteiger partial charge in [-0.3, -0.25) is 0 Å². The molecule has 0 amide bonds. The molecule has 1 rings (SSSR count). The number of ether oxygens (including phenoxy) is 1. The van der Waals surface area contributed by atoms with Crippen molar-refractivity contribution in [1.82, 2.24) is 5.32 Å². The maximum atomic E-state index is 11.3. The second-order valence-electron chi connectivity index (χ2n) is 4.72. The van der Waals surface area contributed by atoms with Crippen LogP contribution in [0.3, 0.4) is 0 Å². The van der Waals surface area contributed by atoms with Crippen molar-refractivity contribution < 1.29 is 19.1 Å². The number of esters is 1. The molecule has 5 nitrogen and oxygen atoms in total. The summed E-state index contributed by atoms with van der Waals surface area (Å²) in [5, 5.41) is 12.4. The number of carbonyl (C=O) groups is 1. The van der Waals surface area contributed by atoms with Gasteiger partial charge in [0, 0.05) is 12.6 Å². The average molecular weight is 231 g/mol. The van der Waals surface area contributed by atoms with Crippen molar-refractivity contribution in [3.63, 3.8) is 0 Å². The van der Waals surface area contributed by atoms with Crippen molar-refractivity contribution in [3.8, 4) is 0 Å². The third-order valence-corrected chi connectivity index (χ3v) is 3.01. The molecule has 1 atom stereocenters. The van der Waals surface area contributed by atoms with Crippen LogP contribution in [-0.2, 0) is 9.53 Å². The molecule has 1 aliphatic rings. The topological polar surface area (TPSA) is 58.6 Å². The molecule has 5 heteroatoms. The molecule has 16 heavy (non-hydrogen) atoms. The van der Waals surface area contributed by atoms with Crippen LogP contribution in [0, 0.1) is 0 Å². The molecular formula is C11H23N2O3+. The summed E-state index contributed by atoms with van der Waals surface area (Å²) in [7, 11) is 0. The largest absolute Gasteiger partial charge is 0.456 e. The summed E-state index contributed by atoms with van der Waals surface area (Å²) in [4.78, 5) is 11.3. The normalized spacial score (nSPS) is 25.9. The van der Waals surface area contributed by atoms with Crippen molar-refractivity contribution in [2.45, 2.75) is 19.9 Å². The highest BCUT2D eigenvalue weighted by molar-refractivity contribution is 5.71. The van der Waals surface area contributed by atoms with Gasteiger partial charge in [0.2, 0.25) is 0 Å². The van der Waals surface area contributed by atoms with E-state index in [2.05, 4.69) is 19.2 Å². The Hall–Kier alpha value is -0.650. The minimum absolute atomic E-state index is 0.120. The molecule has 2 N–H and O–H groups in total. The van der Waals surface area contributed by atoms with Crippen molar-refractivity contribution in [2.75, 3.05) is 45.9 Å². The van der Waals surface area contributed by atoms with E-state index in [1.165, 1.54) is 0 Å². The monoisotopic (exact) mass is 231 g/mol. The van der Waals surface area contributed by atoms with Crippen molar-refractivity contribution in [2.24, 2.45) is 0 Å². The number of hydrogen-bond acceptors (Lipinski definition) is 4. The number of nitrogens with one attached hydrogen (secondary N) is 1. The number of nitrogens with zero attached hydrogens (tertiary/aromatic N) is 1. The summed E-state index contributed by atoms with van der Waals surface area (Å²) in [5.41, 5.74) is 0. The van der Waals surface area contributed by atoms with E-state index < -0.39 is 0 Å². The SMILES string of the molecule is CC(C)NCC[N+]1(CCO)CCOC(=O)C1. The second kappa shape index (κ2) is 6.18. The van der Waals surface area contributed by atoms with Crippen molar-refractivity contribution >= 4 is 5.97 Å². The van der Waals surface area contributed by atoms with Crippen LogP contribution in [0.25, 0.3) is 0 Å². The first kappa shape index (κ1) is 13.4. The van der Waals surface area contributed by atoms with E-state index >= 15 is 0 Å². The summed E-state index contributed by atoms with van der Waals surface area (Å²) >= 11 is 0. The Kier molecular flexibility index (Phi) is 5.18. The first-order valence-corrected chi connectivity index (χ1v) is 5.93. The lowest BCUT2D eigenvalue weighted by Crippen LogP contribution is -2.60. The predicted octanol–water partition coefficient (Wildman–Crippen LogP) is -0.650. The van der Waals surface area contributed by atoms with Gasteiger partial charge >= 0.3 is 5.97 Å².